The summed E-state index contributed by atoms with van der Waals surface area (Å²) < 4.78 is 21.9. The molecule has 16 heteroatoms. The number of benzene rings is 3. The third-order valence-electron chi connectivity index (χ3n) is 13.8. The summed E-state index contributed by atoms with van der Waals surface area (Å²) >= 11 is 0. The number of hydrogen-bond donors (Lipinski definition) is 4. The summed E-state index contributed by atoms with van der Waals surface area (Å²) in [6, 6.07) is 11.9. The third kappa shape index (κ3) is 9.95. The topological polar surface area (TPSA) is 193 Å². The SMILES string of the molecule is CCC(CC)N(C(=O)[C@@H](NC(=O)OC)C1CCOCC1)[C@@H](C)c1nc2ccc3cc4c(cc3c2[nH]1)OCc1cc(-c2cnc([C@H](C)N(C(=O)[C@@H](NC(=O)OC)C(C)(C)C)[C@@H](C)CC)[nH]2)ccc1-4. The van der Waals surface area contributed by atoms with Gasteiger partial charge in [0, 0.05) is 36.2 Å². The summed E-state index contributed by atoms with van der Waals surface area (Å²) in [6.07, 6.45) is 4.00. The van der Waals surface area contributed by atoms with Crippen LogP contribution in [0.3, 0.4) is 0 Å². The van der Waals surface area contributed by atoms with Crippen LogP contribution in [0.15, 0.2) is 48.7 Å². The summed E-state index contributed by atoms with van der Waals surface area (Å²) in [7, 11) is 2.60. The number of alkyl carbamates (subject to hydrolysis) is 2. The van der Waals surface area contributed by atoms with E-state index < -0.39 is 41.8 Å². The fraction of sp³-hybridized carbons (Fsp3) is 0.529. The van der Waals surface area contributed by atoms with E-state index in [0.717, 1.165) is 68.3 Å². The normalized spacial score (nSPS) is 16.2. The Morgan fingerprint density at radius 3 is 2.16 bits per heavy atom. The molecule has 0 bridgehead atoms. The maximum atomic E-state index is 14.7. The van der Waals surface area contributed by atoms with E-state index in [9.17, 15) is 19.2 Å². The number of methoxy groups -OCH3 is 2. The van der Waals surface area contributed by atoms with E-state index in [1.807, 2.05) is 59.4 Å². The van der Waals surface area contributed by atoms with Gasteiger partial charge in [-0.15, -0.1) is 0 Å². The first-order valence-electron chi connectivity index (χ1n) is 23.7. The van der Waals surface area contributed by atoms with Crippen molar-refractivity contribution < 1.29 is 38.1 Å². The molecule has 5 aromatic rings. The van der Waals surface area contributed by atoms with Crippen LogP contribution < -0.4 is 15.4 Å². The number of nitrogens with zero attached hydrogens (tertiary/aromatic N) is 4. The fourth-order valence-corrected chi connectivity index (χ4v) is 9.74. The van der Waals surface area contributed by atoms with Crippen molar-refractivity contribution >= 4 is 45.8 Å². The molecule has 67 heavy (non-hydrogen) atoms. The second-order valence-electron chi connectivity index (χ2n) is 19.1. The van der Waals surface area contributed by atoms with Crippen molar-refractivity contribution in [1.29, 1.82) is 0 Å². The van der Waals surface area contributed by atoms with Gasteiger partial charge in [-0.2, -0.15) is 0 Å². The first-order chi connectivity index (χ1) is 32.0. The quantitative estimate of drug-likeness (QED) is 0.0786. The number of aromatic nitrogens is 4. The lowest BCUT2D eigenvalue weighted by Gasteiger charge is -2.40. The second kappa shape index (κ2) is 20.4. The molecule has 0 spiro atoms. The smallest absolute Gasteiger partial charge is 0.407 e. The average Bonchev–Trinajstić information content (AvgIpc) is 4.02. The van der Waals surface area contributed by atoms with E-state index in [2.05, 4.69) is 70.8 Å². The third-order valence-corrected chi connectivity index (χ3v) is 13.8. The molecule has 1 fully saturated rings. The lowest BCUT2D eigenvalue weighted by molar-refractivity contribution is -0.141. The molecule has 16 nitrogen and oxygen atoms in total. The largest absolute Gasteiger partial charge is 0.488 e. The number of amides is 4. The number of hydrogen-bond acceptors (Lipinski definition) is 10. The molecule has 2 aliphatic heterocycles. The molecule has 360 valence electrons. The molecule has 2 aromatic heterocycles. The number of rotatable bonds is 15. The number of ether oxygens (including phenoxy) is 4. The predicted molar refractivity (Wildman–Crippen MR) is 257 cm³/mol. The number of H-pyrrole nitrogens is 2. The van der Waals surface area contributed by atoms with Crippen LogP contribution in [-0.2, 0) is 30.4 Å². The Hall–Kier alpha value is -6.16. The van der Waals surface area contributed by atoms with Gasteiger partial charge in [0.15, 0.2) is 0 Å². The summed E-state index contributed by atoms with van der Waals surface area (Å²) in [5, 5.41) is 7.60. The standard InChI is InChI=1S/C51H68N8O8/c1-12-28(4)58(48(61)44(51(7,8)9)57-50(63)65-11)29(5)45-52-26-40(54-45)33-15-17-36-34(23-33)27-67-41-25-37-32(24-38(36)41)16-18-39-43(37)55-46(53-39)30(6)59(35(13-2)14-3)47(60)42(56-49(62)64-10)31-19-21-66-22-20-31/h15-18,23-26,28-31,35,42,44H,12-14,19-22,27H2,1-11H3,(H,52,54)(H,53,55)(H,56,62)(H,57,63)/t28-,29-,30-,42-,44+/m0/s1. The van der Waals surface area contributed by atoms with E-state index in [1.165, 1.54) is 14.2 Å². The molecular formula is C51H68N8O8. The summed E-state index contributed by atoms with van der Waals surface area (Å²) in [4.78, 5) is 74.4. The average molecular weight is 921 g/mol. The van der Waals surface area contributed by atoms with Gasteiger partial charge in [-0.05, 0) is 111 Å². The van der Waals surface area contributed by atoms with Gasteiger partial charge >= 0.3 is 12.2 Å². The zero-order valence-corrected chi connectivity index (χ0v) is 40.9. The van der Waals surface area contributed by atoms with E-state index in [-0.39, 0.29) is 29.8 Å². The van der Waals surface area contributed by atoms with Crippen molar-refractivity contribution in [2.75, 3.05) is 27.4 Å². The Balaban J connectivity index is 1.16. The zero-order valence-electron chi connectivity index (χ0n) is 40.9. The monoisotopic (exact) mass is 921 g/mol. The molecule has 2 aliphatic rings. The summed E-state index contributed by atoms with van der Waals surface area (Å²) in [6.45, 7) is 19.3. The van der Waals surface area contributed by atoms with Crippen molar-refractivity contribution in [1.82, 2.24) is 40.4 Å². The van der Waals surface area contributed by atoms with E-state index in [4.69, 9.17) is 28.9 Å². The first-order valence-corrected chi connectivity index (χ1v) is 23.7. The Morgan fingerprint density at radius 1 is 0.821 bits per heavy atom. The van der Waals surface area contributed by atoms with Crippen molar-refractivity contribution in [2.45, 2.75) is 137 Å². The fourth-order valence-electron chi connectivity index (χ4n) is 9.74. The summed E-state index contributed by atoms with van der Waals surface area (Å²) in [5.41, 5.74) is 5.86. The summed E-state index contributed by atoms with van der Waals surface area (Å²) in [5.74, 6) is 1.59. The van der Waals surface area contributed by atoms with Crippen LogP contribution in [0.25, 0.3) is 44.2 Å². The molecule has 0 aliphatic carbocycles. The Morgan fingerprint density at radius 2 is 1.51 bits per heavy atom. The van der Waals surface area contributed by atoms with Gasteiger partial charge in [0.05, 0.1) is 49.2 Å². The molecule has 5 atom stereocenters. The number of fused-ring (bicyclic) bond motifs is 6. The van der Waals surface area contributed by atoms with Crippen molar-refractivity contribution in [3.05, 3.63) is 65.9 Å². The van der Waals surface area contributed by atoms with Crippen molar-refractivity contribution in [3.8, 4) is 28.1 Å². The predicted octanol–water partition coefficient (Wildman–Crippen LogP) is 9.35. The molecule has 0 radical (unpaired) electrons. The molecule has 4 heterocycles. The molecule has 7 rings (SSSR count). The lowest BCUT2D eigenvalue weighted by atomic mass is 9.85. The number of carbonyl (C=O) groups excluding carboxylic acids is 4. The molecule has 1 saturated heterocycles. The van der Waals surface area contributed by atoms with Crippen LogP contribution in [0.5, 0.6) is 5.75 Å². The van der Waals surface area contributed by atoms with Crippen LogP contribution in [0, 0.1) is 11.3 Å². The van der Waals surface area contributed by atoms with Crippen molar-refractivity contribution in [2.24, 2.45) is 11.3 Å². The van der Waals surface area contributed by atoms with E-state index >= 15 is 0 Å². The second-order valence-corrected chi connectivity index (χ2v) is 19.1. The van der Waals surface area contributed by atoms with Gasteiger partial charge in [0.25, 0.3) is 0 Å². The highest BCUT2D eigenvalue weighted by atomic mass is 16.5. The van der Waals surface area contributed by atoms with Crippen LogP contribution in [0.1, 0.15) is 124 Å². The minimum absolute atomic E-state index is 0.0877. The molecule has 0 saturated carbocycles. The van der Waals surface area contributed by atoms with Crippen LogP contribution in [0.2, 0.25) is 0 Å². The molecule has 3 aromatic carbocycles. The van der Waals surface area contributed by atoms with E-state index in [0.29, 0.717) is 50.7 Å². The number of carbonyl (C=O) groups is 4. The molecule has 4 N–H and O–H groups in total. The van der Waals surface area contributed by atoms with Gasteiger partial charge in [-0.1, -0.05) is 59.7 Å². The lowest BCUT2D eigenvalue weighted by Crippen LogP contribution is -2.57. The highest BCUT2D eigenvalue weighted by Crippen LogP contribution is 2.43. The number of aromatic amines is 2. The van der Waals surface area contributed by atoms with Gasteiger partial charge in [-0.25, -0.2) is 19.6 Å². The van der Waals surface area contributed by atoms with Crippen LogP contribution in [-0.4, -0.2) is 105 Å². The number of nitrogens with one attached hydrogen (secondary N) is 4. The van der Waals surface area contributed by atoms with Gasteiger partial charge in [-0.3, -0.25) is 9.59 Å². The van der Waals surface area contributed by atoms with E-state index in [1.54, 1.807) is 11.1 Å². The van der Waals surface area contributed by atoms with Gasteiger partial charge < -0.3 is 49.3 Å². The Bertz CT molecular complexity index is 2590. The number of imidazole rings is 2. The van der Waals surface area contributed by atoms with Crippen LogP contribution >= 0.6 is 0 Å². The van der Waals surface area contributed by atoms with Crippen molar-refractivity contribution in [3.63, 3.8) is 0 Å². The zero-order chi connectivity index (χ0) is 48.3. The van der Waals surface area contributed by atoms with Crippen LogP contribution in [0.4, 0.5) is 9.59 Å². The molecule has 0 unspecified atom stereocenters. The minimum Gasteiger partial charge on any atom is -0.488 e. The molecular weight excluding hydrogens is 853 g/mol. The highest BCUT2D eigenvalue weighted by molar-refractivity contribution is 6.07. The Kier molecular flexibility index (Phi) is 14.8. The minimum atomic E-state index is -0.815. The Labute approximate surface area is 393 Å². The van der Waals surface area contributed by atoms with Gasteiger partial charge in [0.2, 0.25) is 11.8 Å². The maximum Gasteiger partial charge on any atom is 0.407 e. The van der Waals surface area contributed by atoms with Gasteiger partial charge in [0.1, 0.15) is 36.1 Å². The maximum absolute atomic E-state index is 14.7. The first kappa shape index (κ1) is 48.8. The molecule has 4 amide bonds. The highest BCUT2D eigenvalue weighted by Gasteiger charge is 2.41.